The molecule has 0 unspecified atom stereocenters. The van der Waals surface area contributed by atoms with E-state index in [1.165, 1.54) is 0 Å². The quantitative estimate of drug-likeness (QED) is 0.345. The normalized spacial score (nSPS) is 12.0. The van der Waals surface area contributed by atoms with Crippen molar-refractivity contribution >= 4 is 9.05 Å². The van der Waals surface area contributed by atoms with E-state index in [1.54, 1.807) is 0 Å². The van der Waals surface area contributed by atoms with Crippen molar-refractivity contribution in [3.63, 3.8) is 0 Å². The summed E-state index contributed by atoms with van der Waals surface area (Å²) in [5.41, 5.74) is 0. The molecule has 0 atom stereocenters. The van der Waals surface area contributed by atoms with Gasteiger partial charge in [0, 0.05) is 6.61 Å². The number of rotatable bonds is 4. The van der Waals surface area contributed by atoms with Gasteiger partial charge in [0.1, 0.15) is 0 Å². The Balaban J connectivity index is 0. The summed E-state index contributed by atoms with van der Waals surface area (Å²) in [6.45, 7) is 2.16. The molecule has 0 aliphatic rings. The molecular formula is C8H24NO4Si+. The smallest absolute Gasteiger partial charge is 0.368 e. The number of unbranched alkanes of at least 4 members (excludes halogenated alkanes) is 1. The molecule has 6 heteroatoms. The molecule has 0 aliphatic heterocycles. The van der Waals surface area contributed by atoms with Crippen LogP contribution in [0.25, 0.3) is 0 Å². The fourth-order valence-electron chi connectivity index (χ4n) is 0.353. The molecule has 5 nitrogen and oxygen atoms in total. The predicted molar refractivity (Wildman–Crippen MR) is 57.2 cm³/mol. The summed E-state index contributed by atoms with van der Waals surface area (Å²) in [6.07, 6.45) is 1.64. The Kier molecular flexibility index (Phi) is 8.61. The minimum atomic E-state index is -4.19. The maximum atomic E-state index is 8.27. The molecule has 0 radical (unpaired) electrons. The van der Waals surface area contributed by atoms with Gasteiger partial charge < -0.3 is 23.3 Å². The summed E-state index contributed by atoms with van der Waals surface area (Å²) in [4.78, 5) is 24.8. The second-order valence-electron chi connectivity index (χ2n) is 4.46. The third-order valence-corrected chi connectivity index (χ3v) is 1.39. The van der Waals surface area contributed by atoms with Crippen LogP contribution in [0.5, 0.6) is 0 Å². The Bertz CT molecular complexity index is 124. The van der Waals surface area contributed by atoms with Crippen LogP contribution in [0.15, 0.2) is 0 Å². The third-order valence-electron chi connectivity index (χ3n) is 0.794. The van der Waals surface area contributed by atoms with E-state index in [1.807, 2.05) is 6.92 Å². The van der Waals surface area contributed by atoms with E-state index in [4.69, 9.17) is 14.4 Å². The van der Waals surface area contributed by atoms with E-state index in [-0.39, 0.29) is 6.61 Å². The van der Waals surface area contributed by atoms with Crippen LogP contribution in [-0.4, -0.2) is 62.7 Å². The fraction of sp³-hybridized carbons (Fsp3) is 1.00. The molecule has 0 rings (SSSR count). The Morgan fingerprint density at radius 1 is 1.07 bits per heavy atom. The first-order valence-electron chi connectivity index (χ1n) is 4.66. The molecule has 0 aromatic carbocycles. The average Bonchev–Trinajstić information content (AvgIpc) is 1.80. The lowest BCUT2D eigenvalue weighted by molar-refractivity contribution is -0.849. The fourth-order valence-corrected chi connectivity index (χ4v) is 0.772. The summed E-state index contributed by atoms with van der Waals surface area (Å²) in [5.74, 6) is 0. The molecule has 88 valence electrons. The van der Waals surface area contributed by atoms with Gasteiger partial charge in [0.05, 0.1) is 28.2 Å². The SMILES string of the molecule is CCCCO[Si](O)(O)O.C[N+](C)(C)C. The standard InChI is InChI=1S/C4H12N.C4H12O4Si/c1-5(2,3)4;1-2-3-4-8-9(5,6)7/h1-4H3;5-7H,2-4H2,1H3/q+1;. The number of hydrogen-bond acceptors (Lipinski definition) is 4. The Morgan fingerprint density at radius 3 is 1.64 bits per heavy atom. The van der Waals surface area contributed by atoms with Crippen LogP contribution in [-0.2, 0) is 4.43 Å². The summed E-state index contributed by atoms with van der Waals surface area (Å²) in [5, 5.41) is 0. The van der Waals surface area contributed by atoms with Crippen LogP contribution in [0.2, 0.25) is 0 Å². The van der Waals surface area contributed by atoms with Crippen molar-refractivity contribution in [3.05, 3.63) is 0 Å². The summed E-state index contributed by atoms with van der Waals surface area (Å²) in [7, 11) is 4.31. The van der Waals surface area contributed by atoms with Crippen LogP contribution in [0.1, 0.15) is 19.8 Å². The van der Waals surface area contributed by atoms with Gasteiger partial charge in [-0.25, -0.2) is 0 Å². The van der Waals surface area contributed by atoms with Gasteiger partial charge in [-0.05, 0) is 6.42 Å². The van der Waals surface area contributed by atoms with E-state index in [2.05, 4.69) is 32.6 Å². The highest BCUT2D eigenvalue weighted by atomic mass is 28.4. The van der Waals surface area contributed by atoms with Gasteiger partial charge in [0.15, 0.2) is 0 Å². The minimum Gasteiger partial charge on any atom is -0.368 e. The van der Waals surface area contributed by atoms with E-state index < -0.39 is 9.05 Å². The maximum absolute atomic E-state index is 8.27. The molecule has 0 saturated heterocycles. The van der Waals surface area contributed by atoms with E-state index in [9.17, 15) is 0 Å². The first kappa shape index (κ1) is 16.4. The highest BCUT2D eigenvalue weighted by molar-refractivity contribution is 6.48. The Morgan fingerprint density at radius 2 is 1.43 bits per heavy atom. The van der Waals surface area contributed by atoms with Crippen molar-refractivity contribution in [1.82, 2.24) is 0 Å². The molecule has 0 spiro atoms. The Labute approximate surface area is 87.6 Å². The summed E-state index contributed by atoms with van der Waals surface area (Å²) in [6, 6.07) is 0. The first-order chi connectivity index (χ1) is 6.06. The number of hydrogen-bond donors (Lipinski definition) is 3. The molecule has 0 aromatic rings. The van der Waals surface area contributed by atoms with Crippen molar-refractivity contribution in [1.29, 1.82) is 0 Å². The lowest BCUT2D eigenvalue weighted by Gasteiger charge is -2.14. The monoisotopic (exact) mass is 226 g/mol. The molecule has 0 aromatic heterocycles. The van der Waals surface area contributed by atoms with Crippen LogP contribution in [0, 0.1) is 0 Å². The molecule has 0 aliphatic carbocycles. The lowest BCUT2D eigenvalue weighted by Crippen LogP contribution is -2.39. The van der Waals surface area contributed by atoms with E-state index in [0.29, 0.717) is 0 Å². The highest BCUT2D eigenvalue weighted by Gasteiger charge is 2.29. The average molecular weight is 226 g/mol. The zero-order valence-corrected chi connectivity index (χ0v) is 10.8. The predicted octanol–water partition coefficient (Wildman–Crippen LogP) is -0.462. The molecule has 0 bridgehead atoms. The topological polar surface area (TPSA) is 69.9 Å². The third kappa shape index (κ3) is 40.3. The van der Waals surface area contributed by atoms with Gasteiger partial charge in [-0.15, -0.1) is 0 Å². The van der Waals surface area contributed by atoms with Gasteiger partial charge in [-0.1, -0.05) is 13.3 Å². The van der Waals surface area contributed by atoms with Gasteiger partial charge in [0.25, 0.3) is 0 Å². The minimum absolute atomic E-state index is 0.215. The molecular weight excluding hydrogens is 202 g/mol. The van der Waals surface area contributed by atoms with Crippen molar-refractivity contribution < 1.29 is 23.3 Å². The highest BCUT2D eigenvalue weighted by Crippen LogP contribution is 1.93. The first-order valence-corrected chi connectivity index (χ1v) is 6.41. The van der Waals surface area contributed by atoms with Gasteiger partial charge >= 0.3 is 9.05 Å². The van der Waals surface area contributed by atoms with Gasteiger partial charge in [-0.3, -0.25) is 0 Å². The zero-order valence-electron chi connectivity index (χ0n) is 9.82. The van der Waals surface area contributed by atoms with Crippen LogP contribution in [0.4, 0.5) is 0 Å². The number of quaternary nitrogens is 1. The molecule has 0 saturated carbocycles. The second kappa shape index (κ2) is 7.33. The van der Waals surface area contributed by atoms with E-state index >= 15 is 0 Å². The van der Waals surface area contributed by atoms with Crippen LogP contribution in [0.3, 0.4) is 0 Å². The van der Waals surface area contributed by atoms with Gasteiger partial charge in [-0.2, -0.15) is 0 Å². The van der Waals surface area contributed by atoms with Crippen molar-refractivity contribution in [2.75, 3.05) is 34.8 Å². The summed E-state index contributed by atoms with van der Waals surface area (Å²) < 4.78 is 5.28. The molecule has 0 heterocycles. The zero-order chi connectivity index (χ0) is 11.8. The van der Waals surface area contributed by atoms with Crippen LogP contribution >= 0.6 is 0 Å². The van der Waals surface area contributed by atoms with Crippen molar-refractivity contribution in [2.45, 2.75) is 19.8 Å². The molecule has 14 heavy (non-hydrogen) atoms. The van der Waals surface area contributed by atoms with Gasteiger partial charge in [0.2, 0.25) is 0 Å². The molecule has 3 N–H and O–H groups in total. The van der Waals surface area contributed by atoms with Crippen molar-refractivity contribution in [2.24, 2.45) is 0 Å². The van der Waals surface area contributed by atoms with E-state index in [0.717, 1.165) is 17.3 Å². The maximum Gasteiger partial charge on any atom is 0.671 e. The molecule has 0 fully saturated rings. The molecule has 0 amide bonds. The van der Waals surface area contributed by atoms with Crippen LogP contribution < -0.4 is 0 Å². The largest absolute Gasteiger partial charge is 0.671 e. The number of nitrogens with zero attached hydrogens (tertiary/aromatic N) is 1. The van der Waals surface area contributed by atoms with Crippen molar-refractivity contribution in [3.8, 4) is 0 Å². The lowest BCUT2D eigenvalue weighted by atomic mass is 10.4. The second-order valence-corrected chi connectivity index (χ2v) is 5.90. The Hall–Kier alpha value is 0.0169. The summed E-state index contributed by atoms with van der Waals surface area (Å²) >= 11 is 0.